The van der Waals surface area contributed by atoms with Crippen LogP contribution in [0.1, 0.15) is 42.2 Å². The number of carbonyl (C=O) groups excluding carboxylic acids is 3. The molecule has 150 valence electrons. The molecule has 0 radical (unpaired) electrons. The highest BCUT2D eigenvalue weighted by molar-refractivity contribution is 6.21. The minimum atomic E-state index is -0.336. The largest absolute Gasteiger partial charge is 0.496 e. The molecule has 0 unspecified atom stereocenters. The lowest BCUT2D eigenvalue weighted by molar-refractivity contribution is 0.0642. The lowest BCUT2D eigenvalue weighted by Gasteiger charge is -2.16. The highest BCUT2D eigenvalue weighted by Gasteiger charge is 2.35. The van der Waals surface area contributed by atoms with E-state index in [0.29, 0.717) is 33.7 Å². The van der Waals surface area contributed by atoms with Gasteiger partial charge in [-0.25, -0.2) is 0 Å². The molecule has 30 heavy (non-hydrogen) atoms. The minimum Gasteiger partial charge on any atom is -0.496 e. The van der Waals surface area contributed by atoms with Crippen LogP contribution in [-0.4, -0.2) is 29.7 Å². The zero-order valence-corrected chi connectivity index (χ0v) is 16.6. The number of nitrogens with zero attached hydrogens (tertiary/aromatic N) is 1. The summed E-state index contributed by atoms with van der Waals surface area (Å²) in [5, 5.41) is 2.89. The second-order valence-electron chi connectivity index (χ2n) is 7.05. The standard InChI is InChI=1S/C24H20N2O4/c1-15-7-3-6-10-20(15)25-22(27)19-13-16(11-12-21(19)30-2)14-26-23(28)17-8-4-5-9-18(17)24(26)29/h3-13H,14H2,1-2H3,(H,25,27). The number of amides is 3. The van der Waals surface area contributed by atoms with Gasteiger partial charge in [-0.05, 0) is 48.4 Å². The summed E-state index contributed by atoms with van der Waals surface area (Å²) in [5.41, 5.74) is 3.42. The first-order chi connectivity index (χ1) is 14.5. The second kappa shape index (κ2) is 7.83. The fourth-order valence-electron chi connectivity index (χ4n) is 3.50. The smallest absolute Gasteiger partial charge is 0.261 e. The van der Waals surface area contributed by atoms with Gasteiger partial charge in [0.2, 0.25) is 0 Å². The van der Waals surface area contributed by atoms with Crippen LogP contribution < -0.4 is 10.1 Å². The van der Waals surface area contributed by atoms with Gasteiger partial charge in [-0.1, -0.05) is 36.4 Å². The zero-order valence-electron chi connectivity index (χ0n) is 16.6. The summed E-state index contributed by atoms with van der Waals surface area (Å²) in [5.74, 6) is -0.591. The number of carbonyl (C=O) groups is 3. The van der Waals surface area contributed by atoms with Crippen LogP contribution in [0, 0.1) is 6.92 Å². The van der Waals surface area contributed by atoms with E-state index in [2.05, 4.69) is 5.32 Å². The summed E-state index contributed by atoms with van der Waals surface area (Å²) in [7, 11) is 1.49. The zero-order chi connectivity index (χ0) is 21.3. The van der Waals surface area contributed by atoms with E-state index in [0.717, 1.165) is 5.56 Å². The Kier molecular flexibility index (Phi) is 5.06. The third kappa shape index (κ3) is 3.43. The number of aryl methyl sites for hydroxylation is 1. The van der Waals surface area contributed by atoms with Gasteiger partial charge in [0, 0.05) is 5.69 Å². The molecular formula is C24H20N2O4. The monoisotopic (exact) mass is 400 g/mol. The Morgan fingerprint density at radius 1 is 0.933 bits per heavy atom. The van der Waals surface area contributed by atoms with Crippen LogP contribution in [0.25, 0.3) is 0 Å². The van der Waals surface area contributed by atoms with Gasteiger partial charge >= 0.3 is 0 Å². The van der Waals surface area contributed by atoms with Gasteiger partial charge in [-0.2, -0.15) is 0 Å². The lowest BCUT2D eigenvalue weighted by Crippen LogP contribution is -2.29. The van der Waals surface area contributed by atoms with Crippen molar-refractivity contribution in [2.45, 2.75) is 13.5 Å². The molecule has 6 nitrogen and oxygen atoms in total. The van der Waals surface area contributed by atoms with Gasteiger partial charge in [0.05, 0.1) is 30.3 Å². The maximum Gasteiger partial charge on any atom is 0.261 e. The van der Waals surface area contributed by atoms with Crippen molar-refractivity contribution in [3.63, 3.8) is 0 Å². The highest BCUT2D eigenvalue weighted by Crippen LogP contribution is 2.27. The fraction of sp³-hybridized carbons (Fsp3) is 0.125. The third-order valence-electron chi connectivity index (χ3n) is 5.12. The Bertz CT molecular complexity index is 1130. The lowest BCUT2D eigenvalue weighted by atomic mass is 10.1. The predicted molar refractivity (Wildman–Crippen MR) is 113 cm³/mol. The van der Waals surface area contributed by atoms with Gasteiger partial charge in [0.1, 0.15) is 5.75 Å². The maximum absolute atomic E-state index is 12.9. The van der Waals surface area contributed by atoms with Crippen molar-refractivity contribution in [3.05, 3.63) is 94.5 Å². The van der Waals surface area contributed by atoms with Crippen molar-refractivity contribution < 1.29 is 19.1 Å². The van der Waals surface area contributed by atoms with Gasteiger partial charge in [-0.3, -0.25) is 19.3 Å². The molecule has 0 fully saturated rings. The number of ether oxygens (including phenoxy) is 1. The molecular weight excluding hydrogens is 380 g/mol. The van der Waals surface area contributed by atoms with Crippen LogP contribution in [0.3, 0.4) is 0 Å². The number of hydrogen-bond acceptors (Lipinski definition) is 4. The predicted octanol–water partition coefficient (Wildman–Crippen LogP) is 4.05. The Balaban J connectivity index is 1.61. The maximum atomic E-state index is 12.9. The first-order valence-corrected chi connectivity index (χ1v) is 9.48. The van der Waals surface area contributed by atoms with Crippen LogP contribution in [0.2, 0.25) is 0 Å². The molecule has 3 aromatic rings. The van der Waals surface area contributed by atoms with Crippen LogP contribution >= 0.6 is 0 Å². The molecule has 1 aliphatic heterocycles. The molecule has 0 saturated carbocycles. The fourth-order valence-corrected chi connectivity index (χ4v) is 3.50. The minimum absolute atomic E-state index is 0.0704. The van der Waals surface area contributed by atoms with E-state index >= 15 is 0 Å². The molecule has 1 N–H and O–H groups in total. The molecule has 0 spiro atoms. The molecule has 3 aromatic carbocycles. The summed E-state index contributed by atoms with van der Waals surface area (Å²) in [6.45, 7) is 1.98. The molecule has 0 atom stereocenters. The van der Waals surface area contributed by atoms with E-state index in [9.17, 15) is 14.4 Å². The first kappa shape index (κ1) is 19.4. The summed E-state index contributed by atoms with van der Waals surface area (Å²) >= 11 is 0. The van der Waals surface area contributed by atoms with Crippen molar-refractivity contribution in [2.75, 3.05) is 12.4 Å². The number of fused-ring (bicyclic) bond motifs is 1. The summed E-state index contributed by atoms with van der Waals surface area (Å²) in [6.07, 6.45) is 0. The third-order valence-corrected chi connectivity index (χ3v) is 5.12. The average Bonchev–Trinajstić information content (AvgIpc) is 3.00. The number of methoxy groups -OCH3 is 1. The molecule has 3 amide bonds. The Morgan fingerprint density at radius 3 is 2.20 bits per heavy atom. The van der Waals surface area contributed by atoms with Crippen LogP contribution in [0.15, 0.2) is 66.7 Å². The number of hydrogen-bond donors (Lipinski definition) is 1. The number of imide groups is 1. The van der Waals surface area contributed by atoms with E-state index in [1.54, 1.807) is 42.5 Å². The van der Waals surface area contributed by atoms with Crippen molar-refractivity contribution in [1.29, 1.82) is 0 Å². The Labute approximate surface area is 174 Å². The SMILES string of the molecule is COc1ccc(CN2C(=O)c3ccccc3C2=O)cc1C(=O)Nc1ccccc1C. The van der Waals surface area contributed by atoms with E-state index in [1.807, 2.05) is 31.2 Å². The molecule has 1 aliphatic rings. The summed E-state index contributed by atoms with van der Waals surface area (Å²) in [4.78, 5) is 39.4. The van der Waals surface area contributed by atoms with Crippen molar-refractivity contribution in [2.24, 2.45) is 0 Å². The van der Waals surface area contributed by atoms with Crippen molar-refractivity contribution in [1.82, 2.24) is 4.90 Å². The topological polar surface area (TPSA) is 75.7 Å². The average molecular weight is 400 g/mol. The van der Waals surface area contributed by atoms with Crippen molar-refractivity contribution in [3.8, 4) is 5.75 Å². The second-order valence-corrected chi connectivity index (χ2v) is 7.05. The van der Waals surface area contributed by atoms with Gasteiger partial charge < -0.3 is 10.1 Å². The number of para-hydroxylation sites is 1. The summed E-state index contributed by atoms with van der Waals surface area (Å²) < 4.78 is 5.34. The van der Waals surface area contributed by atoms with Gasteiger partial charge in [0.25, 0.3) is 17.7 Å². The Morgan fingerprint density at radius 2 is 1.57 bits per heavy atom. The molecule has 0 aromatic heterocycles. The first-order valence-electron chi connectivity index (χ1n) is 9.48. The number of anilines is 1. The molecule has 0 bridgehead atoms. The van der Waals surface area contributed by atoms with Crippen LogP contribution in [-0.2, 0) is 6.54 Å². The number of nitrogens with one attached hydrogen (secondary N) is 1. The molecule has 0 saturated heterocycles. The van der Waals surface area contributed by atoms with E-state index in [-0.39, 0.29) is 24.3 Å². The van der Waals surface area contributed by atoms with Crippen molar-refractivity contribution >= 4 is 23.4 Å². The molecule has 4 rings (SSSR count). The number of benzene rings is 3. The quantitative estimate of drug-likeness (QED) is 0.656. The Hall–Kier alpha value is -3.93. The molecule has 6 heteroatoms. The van der Waals surface area contributed by atoms with E-state index in [4.69, 9.17) is 4.74 Å². The number of rotatable bonds is 5. The van der Waals surface area contributed by atoms with Crippen LogP contribution in [0.4, 0.5) is 5.69 Å². The van der Waals surface area contributed by atoms with Gasteiger partial charge in [-0.15, -0.1) is 0 Å². The van der Waals surface area contributed by atoms with E-state index < -0.39 is 0 Å². The van der Waals surface area contributed by atoms with Gasteiger partial charge in [0.15, 0.2) is 0 Å². The molecule has 0 aliphatic carbocycles. The molecule has 1 heterocycles. The van der Waals surface area contributed by atoms with Crippen LogP contribution in [0.5, 0.6) is 5.75 Å². The summed E-state index contributed by atoms with van der Waals surface area (Å²) in [6, 6.07) is 19.3. The highest BCUT2D eigenvalue weighted by atomic mass is 16.5. The van der Waals surface area contributed by atoms with E-state index in [1.165, 1.54) is 12.0 Å². The normalized spacial score (nSPS) is 12.7.